The van der Waals surface area contributed by atoms with E-state index in [1.165, 1.54) is 7.11 Å². The fourth-order valence-electron chi connectivity index (χ4n) is 2.65. The number of oxime groups is 1. The minimum absolute atomic E-state index is 0.467. The van der Waals surface area contributed by atoms with Gasteiger partial charge in [-0.3, -0.25) is 0 Å². The van der Waals surface area contributed by atoms with E-state index in [0.29, 0.717) is 37.1 Å². The molecule has 7 heteroatoms. The van der Waals surface area contributed by atoms with E-state index in [-0.39, 0.29) is 0 Å². The predicted molar refractivity (Wildman–Crippen MR) is 113 cm³/mol. The van der Waals surface area contributed by atoms with Crippen LogP contribution >= 0.6 is 0 Å². The van der Waals surface area contributed by atoms with E-state index >= 15 is 0 Å². The molecule has 1 aromatic heterocycles. The van der Waals surface area contributed by atoms with Gasteiger partial charge in [-0.25, -0.2) is 0 Å². The zero-order chi connectivity index (χ0) is 21.1. The molecular weight excluding hydrogens is 370 g/mol. The molecule has 0 atom stereocenters. The number of aryl methyl sites for hydroxylation is 2. The zero-order valence-corrected chi connectivity index (χ0v) is 17.8. The van der Waals surface area contributed by atoms with Crippen LogP contribution in [0.1, 0.15) is 37.1 Å². The molecule has 0 N–H and O–H groups in total. The Labute approximate surface area is 172 Å². The standard InChI is InChI=1S/C22H29N3O4/c1-6-7-11-27-19-14-16(2)22(17(3)15-19)29-13-8-12-28-21-10-9-20(23-24-21)18(4)25-26-5/h6-7,9-10,14-15H,8,11-13H2,1-5H3/b7-6+,25-18?. The zero-order valence-electron chi connectivity index (χ0n) is 17.8. The third-order valence-electron chi connectivity index (χ3n) is 4.04. The molecule has 0 aliphatic heterocycles. The van der Waals surface area contributed by atoms with Gasteiger partial charge < -0.3 is 19.0 Å². The van der Waals surface area contributed by atoms with Crippen molar-refractivity contribution < 1.29 is 19.0 Å². The minimum atomic E-state index is 0.467. The lowest BCUT2D eigenvalue weighted by molar-refractivity contribution is 0.213. The van der Waals surface area contributed by atoms with Crippen LogP contribution in [0.3, 0.4) is 0 Å². The highest BCUT2D eigenvalue weighted by Crippen LogP contribution is 2.28. The molecule has 0 saturated heterocycles. The Morgan fingerprint density at radius 3 is 2.38 bits per heavy atom. The molecule has 7 nitrogen and oxygen atoms in total. The highest BCUT2D eigenvalue weighted by Gasteiger charge is 2.08. The van der Waals surface area contributed by atoms with Crippen LogP contribution in [0.2, 0.25) is 0 Å². The summed E-state index contributed by atoms with van der Waals surface area (Å²) >= 11 is 0. The van der Waals surface area contributed by atoms with Crippen molar-refractivity contribution in [3.63, 3.8) is 0 Å². The Kier molecular flexibility index (Phi) is 8.95. The molecule has 0 aliphatic carbocycles. The fraction of sp³-hybridized carbons (Fsp3) is 0.409. The molecule has 0 radical (unpaired) electrons. The minimum Gasteiger partial charge on any atom is -0.493 e. The smallest absolute Gasteiger partial charge is 0.233 e. The summed E-state index contributed by atoms with van der Waals surface area (Å²) in [6.45, 7) is 9.42. The Morgan fingerprint density at radius 1 is 1.03 bits per heavy atom. The van der Waals surface area contributed by atoms with Crippen molar-refractivity contribution >= 4 is 5.71 Å². The Hall–Kier alpha value is -3.09. The first kappa shape index (κ1) is 22.2. The molecule has 0 amide bonds. The van der Waals surface area contributed by atoms with Crippen molar-refractivity contribution in [2.24, 2.45) is 5.16 Å². The van der Waals surface area contributed by atoms with E-state index in [0.717, 1.165) is 29.0 Å². The lowest BCUT2D eigenvalue weighted by atomic mass is 10.1. The lowest BCUT2D eigenvalue weighted by Crippen LogP contribution is -2.08. The van der Waals surface area contributed by atoms with Crippen LogP contribution in [0.15, 0.2) is 41.6 Å². The normalized spacial score (nSPS) is 11.6. The highest BCUT2D eigenvalue weighted by atomic mass is 16.6. The molecule has 0 aliphatic rings. The van der Waals surface area contributed by atoms with Crippen molar-refractivity contribution in [3.8, 4) is 17.4 Å². The molecule has 0 bridgehead atoms. The summed E-state index contributed by atoms with van der Waals surface area (Å²) < 4.78 is 17.3. The average molecular weight is 399 g/mol. The third kappa shape index (κ3) is 7.10. The van der Waals surface area contributed by atoms with Crippen molar-refractivity contribution in [2.75, 3.05) is 26.9 Å². The summed E-state index contributed by atoms with van der Waals surface area (Å²) in [5.41, 5.74) is 3.41. The first-order chi connectivity index (χ1) is 14.0. The molecular formula is C22H29N3O4. The van der Waals surface area contributed by atoms with Crippen LogP contribution in [0, 0.1) is 13.8 Å². The second-order valence-electron chi connectivity index (χ2n) is 6.43. The Balaban J connectivity index is 1.78. The van der Waals surface area contributed by atoms with Gasteiger partial charge in [0.05, 0.1) is 13.2 Å². The van der Waals surface area contributed by atoms with E-state index in [1.54, 1.807) is 19.1 Å². The maximum absolute atomic E-state index is 5.95. The molecule has 2 aromatic rings. The highest BCUT2D eigenvalue weighted by molar-refractivity contribution is 5.96. The van der Waals surface area contributed by atoms with Crippen molar-refractivity contribution in [2.45, 2.75) is 34.1 Å². The molecule has 0 unspecified atom stereocenters. The summed E-state index contributed by atoms with van der Waals surface area (Å²) in [6.07, 6.45) is 4.67. The molecule has 0 fully saturated rings. The topological polar surface area (TPSA) is 75.1 Å². The number of benzene rings is 1. The molecule has 156 valence electrons. The molecule has 0 spiro atoms. The maximum Gasteiger partial charge on any atom is 0.233 e. The molecule has 1 aromatic carbocycles. The van der Waals surface area contributed by atoms with Crippen LogP contribution in [-0.4, -0.2) is 42.8 Å². The van der Waals surface area contributed by atoms with E-state index in [1.807, 2.05) is 45.1 Å². The Bertz CT molecular complexity index is 809. The number of nitrogens with zero attached hydrogens (tertiary/aromatic N) is 3. The van der Waals surface area contributed by atoms with Crippen molar-refractivity contribution in [1.29, 1.82) is 0 Å². The summed E-state index contributed by atoms with van der Waals surface area (Å²) in [4.78, 5) is 4.73. The van der Waals surface area contributed by atoms with Gasteiger partial charge in [0.2, 0.25) is 5.88 Å². The molecule has 29 heavy (non-hydrogen) atoms. The van der Waals surface area contributed by atoms with Crippen LogP contribution < -0.4 is 14.2 Å². The quantitative estimate of drug-likeness (QED) is 0.243. The molecule has 2 rings (SSSR count). The first-order valence-corrected chi connectivity index (χ1v) is 9.57. The van der Waals surface area contributed by atoms with Gasteiger partial charge in [0.25, 0.3) is 0 Å². The summed E-state index contributed by atoms with van der Waals surface area (Å²) in [5.74, 6) is 2.20. The second-order valence-corrected chi connectivity index (χ2v) is 6.43. The van der Waals surface area contributed by atoms with Gasteiger partial charge in [0.1, 0.15) is 36.6 Å². The average Bonchev–Trinajstić information content (AvgIpc) is 2.70. The second kappa shape index (κ2) is 11.7. The van der Waals surface area contributed by atoms with E-state index in [4.69, 9.17) is 19.0 Å². The fourth-order valence-corrected chi connectivity index (χ4v) is 2.65. The van der Waals surface area contributed by atoms with Gasteiger partial charge in [0, 0.05) is 12.5 Å². The van der Waals surface area contributed by atoms with Crippen molar-refractivity contribution in [3.05, 3.63) is 53.2 Å². The number of allylic oxidation sites excluding steroid dienone is 1. The van der Waals surface area contributed by atoms with Gasteiger partial charge >= 0.3 is 0 Å². The largest absolute Gasteiger partial charge is 0.493 e. The van der Waals surface area contributed by atoms with E-state index < -0.39 is 0 Å². The van der Waals surface area contributed by atoms with Gasteiger partial charge in [0.15, 0.2) is 0 Å². The Morgan fingerprint density at radius 2 is 1.76 bits per heavy atom. The number of ether oxygens (including phenoxy) is 3. The number of aromatic nitrogens is 2. The van der Waals surface area contributed by atoms with E-state index in [9.17, 15) is 0 Å². The SMILES string of the molecule is C/C=C/COc1cc(C)c(OCCCOc2ccc(C(C)=NOC)nn2)c(C)c1. The maximum atomic E-state index is 5.95. The predicted octanol–water partition coefficient (Wildman–Crippen LogP) is 4.27. The molecule has 0 saturated carbocycles. The van der Waals surface area contributed by atoms with Gasteiger partial charge in [-0.05, 0) is 57.0 Å². The third-order valence-corrected chi connectivity index (χ3v) is 4.04. The van der Waals surface area contributed by atoms with Crippen LogP contribution in [0.25, 0.3) is 0 Å². The monoisotopic (exact) mass is 399 g/mol. The summed E-state index contributed by atoms with van der Waals surface area (Å²) in [6, 6.07) is 7.55. The van der Waals surface area contributed by atoms with Gasteiger partial charge in [-0.1, -0.05) is 17.3 Å². The van der Waals surface area contributed by atoms with Crippen molar-refractivity contribution in [1.82, 2.24) is 10.2 Å². The number of rotatable bonds is 11. The van der Waals surface area contributed by atoms with Crippen LogP contribution in [0.5, 0.6) is 17.4 Å². The first-order valence-electron chi connectivity index (χ1n) is 9.57. The van der Waals surface area contributed by atoms with Gasteiger partial charge in [-0.15, -0.1) is 10.2 Å². The summed E-state index contributed by atoms with van der Waals surface area (Å²) in [5, 5.41) is 11.9. The number of hydrogen-bond donors (Lipinski definition) is 0. The molecule has 1 heterocycles. The van der Waals surface area contributed by atoms with Gasteiger partial charge in [-0.2, -0.15) is 0 Å². The lowest BCUT2D eigenvalue weighted by Gasteiger charge is -2.14. The van der Waals surface area contributed by atoms with Crippen LogP contribution in [-0.2, 0) is 4.84 Å². The summed E-state index contributed by atoms with van der Waals surface area (Å²) in [7, 11) is 1.49. The van der Waals surface area contributed by atoms with E-state index in [2.05, 4.69) is 15.4 Å². The van der Waals surface area contributed by atoms with Crippen LogP contribution in [0.4, 0.5) is 0 Å². The number of hydrogen-bond acceptors (Lipinski definition) is 7.